The number of benzene rings is 1. The molecule has 1 saturated heterocycles. The zero-order chi connectivity index (χ0) is 13.0. The Labute approximate surface area is 114 Å². The van der Waals surface area contributed by atoms with Crippen molar-refractivity contribution in [3.63, 3.8) is 0 Å². The van der Waals surface area contributed by atoms with Gasteiger partial charge >= 0.3 is 0 Å². The van der Waals surface area contributed by atoms with Gasteiger partial charge in [-0.25, -0.2) is 0 Å². The molecule has 2 atom stereocenters. The summed E-state index contributed by atoms with van der Waals surface area (Å²) in [5, 5.41) is 0. The molecule has 1 heterocycles. The summed E-state index contributed by atoms with van der Waals surface area (Å²) in [6, 6.07) is 8.61. The molecule has 2 N–H and O–H groups in total. The molecule has 0 spiro atoms. The summed E-state index contributed by atoms with van der Waals surface area (Å²) in [7, 11) is 1.70. The van der Waals surface area contributed by atoms with Crippen LogP contribution in [0.1, 0.15) is 31.7 Å². The van der Waals surface area contributed by atoms with Gasteiger partial charge in [0.15, 0.2) is 0 Å². The van der Waals surface area contributed by atoms with E-state index in [9.17, 15) is 0 Å². The van der Waals surface area contributed by atoms with E-state index in [1.54, 1.807) is 7.11 Å². The zero-order valence-electron chi connectivity index (χ0n) is 11.3. The summed E-state index contributed by atoms with van der Waals surface area (Å²) in [5.74, 6) is 2.19. The predicted octanol–water partition coefficient (Wildman–Crippen LogP) is 3.24. The van der Waals surface area contributed by atoms with Crippen molar-refractivity contribution in [2.45, 2.75) is 43.4 Å². The van der Waals surface area contributed by atoms with Gasteiger partial charge in [-0.3, -0.25) is 0 Å². The van der Waals surface area contributed by atoms with Crippen LogP contribution in [0.25, 0.3) is 0 Å². The van der Waals surface area contributed by atoms with Gasteiger partial charge in [0.2, 0.25) is 0 Å². The van der Waals surface area contributed by atoms with Crippen molar-refractivity contribution in [2.24, 2.45) is 5.73 Å². The van der Waals surface area contributed by atoms with Gasteiger partial charge in [0, 0.05) is 10.8 Å². The van der Waals surface area contributed by atoms with Crippen molar-refractivity contribution in [3.8, 4) is 5.75 Å². The highest BCUT2D eigenvalue weighted by Crippen LogP contribution is 2.40. The molecule has 0 saturated carbocycles. The van der Waals surface area contributed by atoms with Crippen LogP contribution in [-0.4, -0.2) is 23.7 Å². The number of rotatable bonds is 5. The monoisotopic (exact) mass is 265 g/mol. The first kappa shape index (κ1) is 13.8. The SMILES string of the molecule is COc1ccc(CCC(N)C2(C)CCCS2)cc1. The van der Waals surface area contributed by atoms with E-state index in [1.807, 2.05) is 23.9 Å². The summed E-state index contributed by atoms with van der Waals surface area (Å²) in [4.78, 5) is 0. The fourth-order valence-electron chi connectivity index (χ4n) is 2.51. The molecule has 1 fully saturated rings. The zero-order valence-corrected chi connectivity index (χ0v) is 12.1. The van der Waals surface area contributed by atoms with Crippen molar-refractivity contribution in [1.29, 1.82) is 0 Å². The summed E-state index contributed by atoms with van der Waals surface area (Å²) in [6.45, 7) is 2.32. The molecule has 1 aromatic carbocycles. The van der Waals surface area contributed by atoms with Crippen molar-refractivity contribution in [3.05, 3.63) is 29.8 Å². The Morgan fingerprint density at radius 1 is 1.39 bits per heavy atom. The van der Waals surface area contributed by atoms with Crippen LogP contribution in [0.3, 0.4) is 0 Å². The van der Waals surface area contributed by atoms with E-state index in [0.717, 1.165) is 18.6 Å². The van der Waals surface area contributed by atoms with Crippen LogP contribution in [0.15, 0.2) is 24.3 Å². The lowest BCUT2D eigenvalue weighted by molar-refractivity contribution is 0.414. The fraction of sp³-hybridized carbons (Fsp3) is 0.600. The maximum atomic E-state index is 6.37. The van der Waals surface area contributed by atoms with Crippen molar-refractivity contribution >= 4 is 11.8 Å². The summed E-state index contributed by atoms with van der Waals surface area (Å²) < 4.78 is 5.46. The molecule has 3 heteroatoms. The van der Waals surface area contributed by atoms with Crippen LogP contribution in [0.4, 0.5) is 0 Å². The van der Waals surface area contributed by atoms with Gasteiger partial charge in [-0.2, -0.15) is 11.8 Å². The number of hydrogen-bond donors (Lipinski definition) is 1. The highest BCUT2D eigenvalue weighted by molar-refractivity contribution is 8.00. The summed E-state index contributed by atoms with van der Waals surface area (Å²) >= 11 is 2.05. The molecule has 0 amide bonds. The van der Waals surface area contributed by atoms with Gasteiger partial charge < -0.3 is 10.5 Å². The van der Waals surface area contributed by atoms with E-state index in [1.165, 1.54) is 24.2 Å². The molecular formula is C15H23NOS. The number of aryl methyl sites for hydroxylation is 1. The first-order valence-corrected chi connectivity index (χ1v) is 7.65. The van der Waals surface area contributed by atoms with E-state index < -0.39 is 0 Å². The second kappa shape index (κ2) is 5.98. The first-order chi connectivity index (χ1) is 8.64. The Morgan fingerprint density at radius 3 is 2.67 bits per heavy atom. The van der Waals surface area contributed by atoms with Gasteiger partial charge in [-0.1, -0.05) is 12.1 Å². The molecule has 1 aliphatic rings. The maximum absolute atomic E-state index is 6.37. The third kappa shape index (κ3) is 3.21. The maximum Gasteiger partial charge on any atom is 0.118 e. The molecule has 2 rings (SSSR count). The molecule has 2 nitrogen and oxygen atoms in total. The lowest BCUT2D eigenvalue weighted by Crippen LogP contribution is -2.41. The van der Waals surface area contributed by atoms with Crippen LogP contribution >= 0.6 is 11.8 Å². The Balaban J connectivity index is 1.86. The second-order valence-corrected chi connectivity index (χ2v) is 6.89. The Bertz CT molecular complexity index is 371. The van der Waals surface area contributed by atoms with Crippen LogP contribution in [0, 0.1) is 0 Å². The average molecular weight is 265 g/mol. The van der Waals surface area contributed by atoms with Crippen molar-refractivity contribution < 1.29 is 4.74 Å². The molecule has 0 aromatic heterocycles. The highest BCUT2D eigenvalue weighted by Gasteiger charge is 2.35. The third-order valence-corrected chi connectivity index (χ3v) is 5.60. The molecule has 0 radical (unpaired) electrons. The third-order valence-electron chi connectivity index (χ3n) is 3.94. The first-order valence-electron chi connectivity index (χ1n) is 6.66. The van der Waals surface area contributed by atoms with Gasteiger partial charge in [0.1, 0.15) is 5.75 Å². The van der Waals surface area contributed by atoms with Gasteiger partial charge in [0.25, 0.3) is 0 Å². The number of ether oxygens (including phenoxy) is 1. The number of thioether (sulfide) groups is 1. The molecule has 0 bridgehead atoms. The smallest absolute Gasteiger partial charge is 0.118 e. The quantitative estimate of drug-likeness (QED) is 0.887. The minimum absolute atomic E-state index is 0.298. The van der Waals surface area contributed by atoms with E-state index in [-0.39, 0.29) is 0 Å². The lowest BCUT2D eigenvalue weighted by atomic mass is 9.92. The van der Waals surface area contributed by atoms with Crippen LogP contribution < -0.4 is 10.5 Å². The van der Waals surface area contributed by atoms with Gasteiger partial charge in [-0.05, 0) is 56.1 Å². The molecule has 0 aliphatic carbocycles. The van der Waals surface area contributed by atoms with E-state index >= 15 is 0 Å². The topological polar surface area (TPSA) is 35.2 Å². The van der Waals surface area contributed by atoms with Gasteiger partial charge in [0.05, 0.1) is 7.11 Å². The minimum Gasteiger partial charge on any atom is -0.497 e. The average Bonchev–Trinajstić information content (AvgIpc) is 2.85. The summed E-state index contributed by atoms with van der Waals surface area (Å²) in [6.07, 6.45) is 4.70. The van der Waals surface area contributed by atoms with E-state index in [0.29, 0.717) is 10.8 Å². The normalized spacial score (nSPS) is 25.1. The fourth-order valence-corrected chi connectivity index (χ4v) is 3.89. The number of hydrogen-bond acceptors (Lipinski definition) is 3. The van der Waals surface area contributed by atoms with Crippen molar-refractivity contribution in [1.82, 2.24) is 0 Å². The molecule has 1 aliphatic heterocycles. The standard InChI is InChI=1S/C15H23NOS/c1-15(10-3-11-18-15)14(16)9-6-12-4-7-13(17-2)8-5-12/h4-5,7-8,14H,3,6,9-11,16H2,1-2H3. The largest absolute Gasteiger partial charge is 0.497 e. The molecule has 18 heavy (non-hydrogen) atoms. The summed E-state index contributed by atoms with van der Waals surface area (Å²) in [5.41, 5.74) is 7.72. The van der Waals surface area contributed by atoms with Crippen LogP contribution in [0.5, 0.6) is 5.75 Å². The lowest BCUT2D eigenvalue weighted by Gasteiger charge is -2.30. The minimum atomic E-state index is 0.298. The number of nitrogens with two attached hydrogens (primary N) is 1. The Kier molecular flexibility index (Phi) is 4.57. The Morgan fingerprint density at radius 2 is 2.11 bits per heavy atom. The van der Waals surface area contributed by atoms with Crippen LogP contribution in [0.2, 0.25) is 0 Å². The molecule has 1 aromatic rings. The number of methoxy groups -OCH3 is 1. The molecular weight excluding hydrogens is 242 g/mol. The molecule has 100 valence electrons. The van der Waals surface area contributed by atoms with Gasteiger partial charge in [-0.15, -0.1) is 0 Å². The van der Waals surface area contributed by atoms with Crippen LogP contribution in [-0.2, 0) is 6.42 Å². The van der Waals surface area contributed by atoms with E-state index in [2.05, 4.69) is 19.1 Å². The predicted molar refractivity (Wildman–Crippen MR) is 79.4 cm³/mol. The molecule has 2 unspecified atom stereocenters. The Hall–Kier alpha value is -0.670. The highest BCUT2D eigenvalue weighted by atomic mass is 32.2. The second-order valence-electron chi connectivity index (χ2n) is 5.26. The van der Waals surface area contributed by atoms with E-state index in [4.69, 9.17) is 10.5 Å². The van der Waals surface area contributed by atoms with Crippen molar-refractivity contribution in [2.75, 3.05) is 12.9 Å².